The summed E-state index contributed by atoms with van der Waals surface area (Å²) < 4.78 is 5.24. The minimum Gasteiger partial charge on any atom is -0.481 e. The highest BCUT2D eigenvalue weighted by Crippen LogP contribution is 2.43. The summed E-state index contributed by atoms with van der Waals surface area (Å²) in [6.07, 6.45) is 5.86. The van der Waals surface area contributed by atoms with Crippen molar-refractivity contribution >= 4 is 11.9 Å². The SMILES string of the molecule is COCC1(C(=O)N2CCC[C@@H](CCC(=O)O)C2)CCC1. The molecule has 1 amide bonds. The molecule has 1 heterocycles. The number of rotatable bonds is 6. The Bertz CT molecular complexity index is 365. The molecule has 0 aromatic carbocycles. The van der Waals surface area contributed by atoms with Crippen molar-refractivity contribution < 1.29 is 19.4 Å². The van der Waals surface area contributed by atoms with Crippen molar-refractivity contribution in [3.63, 3.8) is 0 Å². The van der Waals surface area contributed by atoms with E-state index in [0.29, 0.717) is 18.9 Å². The lowest BCUT2D eigenvalue weighted by Gasteiger charge is -2.45. The quantitative estimate of drug-likeness (QED) is 0.808. The molecule has 0 bridgehead atoms. The minimum absolute atomic E-state index is 0.204. The van der Waals surface area contributed by atoms with E-state index in [9.17, 15) is 9.59 Å². The Morgan fingerprint density at radius 3 is 2.65 bits per heavy atom. The second kappa shape index (κ2) is 6.57. The lowest BCUT2D eigenvalue weighted by atomic mass is 9.68. The van der Waals surface area contributed by atoms with Crippen LogP contribution in [0.3, 0.4) is 0 Å². The maximum atomic E-state index is 12.7. The highest BCUT2D eigenvalue weighted by Gasteiger charge is 2.46. The Kier molecular flexibility index (Phi) is 5.02. The average Bonchev–Trinajstić information content (AvgIpc) is 2.40. The number of hydrogen-bond donors (Lipinski definition) is 1. The minimum atomic E-state index is -0.747. The summed E-state index contributed by atoms with van der Waals surface area (Å²) in [5, 5.41) is 8.77. The molecular formula is C15H25NO4. The van der Waals surface area contributed by atoms with Gasteiger partial charge in [0.25, 0.3) is 0 Å². The predicted molar refractivity (Wildman–Crippen MR) is 74.3 cm³/mol. The highest BCUT2D eigenvalue weighted by molar-refractivity contribution is 5.84. The van der Waals surface area contributed by atoms with Crippen LogP contribution in [0.1, 0.15) is 44.9 Å². The number of likely N-dealkylation sites (tertiary alicyclic amines) is 1. The van der Waals surface area contributed by atoms with Crippen molar-refractivity contribution in [1.82, 2.24) is 4.90 Å². The summed E-state index contributed by atoms with van der Waals surface area (Å²) in [4.78, 5) is 25.3. The highest BCUT2D eigenvalue weighted by atomic mass is 16.5. The lowest BCUT2D eigenvalue weighted by molar-refractivity contribution is -0.154. The van der Waals surface area contributed by atoms with E-state index in [0.717, 1.165) is 45.2 Å². The smallest absolute Gasteiger partial charge is 0.303 e. The first-order chi connectivity index (χ1) is 9.57. The van der Waals surface area contributed by atoms with Gasteiger partial charge in [0.05, 0.1) is 12.0 Å². The standard InChI is InChI=1S/C15H25NO4/c1-20-11-15(7-3-8-15)14(19)16-9-2-4-12(10-16)5-6-13(17)18/h12H,2-11H2,1H3,(H,17,18)/t12-/m0/s1. The van der Waals surface area contributed by atoms with Crippen LogP contribution < -0.4 is 0 Å². The molecule has 0 aromatic heterocycles. The van der Waals surface area contributed by atoms with Gasteiger partial charge in [-0.25, -0.2) is 0 Å². The van der Waals surface area contributed by atoms with Gasteiger partial charge >= 0.3 is 5.97 Å². The average molecular weight is 283 g/mol. The summed E-state index contributed by atoms with van der Waals surface area (Å²) in [6.45, 7) is 2.05. The topological polar surface area (TPSA) is 66.8 Å². The van der Waals surface area contributed by atoms with E-state index in [1.165, 1.54) is 0 Å². The molecule has 1 saturated carbocycles. The molecule has 1 aliphatic carbocycles. The number of nitrogens with zero attached hydrogens (tertiary/aromatic N) is 1. The molecular weight excluding hydrogens is 258 g/mol. The number of methoxy groups -OCH3 is 1. The number of hydrogen-bond acceptors (Lipinski definition) is 3. The first-order valence-corrected chi connectivity index (χ1v) is 7.57. The van der Waals surface area contributed by atoms with Crippen molar-refractivity contribution in [3.8, 4) is 0 Å². The zero-order valence-electron chi connectivity index (χ0n) is 12.3. The summed E-state index contributed by atoms with van der Waals surface area (Å²) in [6, 6.07) is 0. The van der Waals surface area contributed by atoms with Crippen LogP contribution in [-0.4, -0.2) is 48.7 Å². The number of carboxylic acids is 1. The Balaban J connectivity index is 1.91. The van der Waals surface area contributed by atoms with Crippen LogP contribution in [0.15, 0.2) is 0 Å². The third kappa shape index (κ3) is 3.32. The van der Waals surface area contributed by atoms with Gasteiger partial charge in [0, 0.05) is 26.6 Å². The van der Waals surface area contributed by atoms with Crippen molar-refractivity contribution in [1.29, 1.82) is 0 Å². The van der Waals surface area contributed by atoms with Crippen LogP contribution in [0, 0.1) is 11.3 Å². The second-order valence-electron chi connectivity index (χ2n) is 6.26. The Labute approximate surface area is 120 Å². The number of aliphatic carboxylic acids is 1. The van der Waals surface area contributed by atoms with E-state index in [1.54, 1.807) is 7.11 Å². The van der Waals surface area contributed by atoms with Crippen LogP contribution in [0.25, 0.3) is 0 Å². The van der Waals surface area contributed by atoms with Crippen LogP contribution in [0.2, 0.25) is 0 Å². The van der Waals surface area contributed by atoms with E-state index >= 15 is 0 Å². The van der Waals surface area contributed by atoms with E-state index < -0.39 is 5.97 Å². The summed E-state index contributed by atoms with van der Waals surface area (Å²) >= 11 is 0. The monoisotopic (exact) mass is 283 g/mol. The van der Waals surface area contributed by atoms with Crippen LogP contribution in [-0.2, 0) is 14.3 Å². The molecule has 0 spiro atoms. The van der Waals surface area contributed by atoms with Gasteiger partial charge in [0.15, 0.2) is 0 Å². The van der Waals surface area contributed by atoms with Gasteiger partial charge in [0.2, 0.25) is 5.91 Å². The fraction of sp³-hybridized carbons (Fsp3) is 0.867. The summed E-state index contributed by atoms with van der Waals surface area (Å²) in [7, 11) is 1.65. The van der Waals surface area contributed by atoms with E-state index in [1.807, 2.05) is 4.90 Å². The zero-order valence-corrected chi connectivity index (χ0v) is 12.3. The molecule has 1 atom stereocenters. The zero-order chi connectivity index (χ0) is 14.6. The molecule has 20 heavy (non-hydrogen) atoms. The molecule has 5 nitrogen and oxygen atoms in total. The van der Waals surface area contributed by atoms with Gasteiger partial charge in [-0.05, 0) is 38.0 Å². The Morgan fingerprint density at radius 2 is 2.10 bits per heavy atom. The third-order valence-corrected chi connectivity index (χ3v) is 4.76. The number of carbonyl (C=O) groups is 2. The molecule has 1 saturated heterocycles. The molecule has 1 aliphatic heterocycles. The van der Waals surface area contributed by atoms with Crippen LogP contribution in [0.4, 0.5) is 0 Å². The Morgan fingerprint density at radius 1 is 1.35 bits per heavy atom. The molecule has 0 aromatic rings. The first kappa shape index (κ1) is 15.3. The maximum absolute atomic E-state index is 12.7. The lowest BCUT2D eigenvalue weighted by Crippen LogP contribution is -2.53. The number of carboxylic acid groups (broad SMARTS) is 1. The molecule has 2 aliphatic rings. The molecule has 114 valence electrons. The fourth-order valence-corrected chi connectivity index (χ4v) is 3.45. The van der Waals surface area contributed by atoms with Crippen molar-refractivity contribution in [2.24, 2.45) is 11.3 Å². The summed E-state index contributed by atoms with van der Waals surface area (Å²) in [5.41, 5.74) is -0.288. The molecule has 2 rings (SSSR count). The second-order valence-corrected chi connectivity index (χ2v) is 6.26. The van der Waals surface area contributed by atoms with Gasteiger partial charge in [-0.3, -0.25) is 9.59 Å². The largest absolute Gasteiger partial charge is 0.481 e. The molecule has 2 fully saturated rings. The molecule has 5 heteroatoms. The number of amides is 1. The number of carbonyl (C=O) groups excluding carboxylic acids is 1. The van der Waals surface area contributed by atoms with Gasteiger partial charge in [-0.15, -0.1) is 0 Å². The molecule has 0 radical (unpaired) electrons. The third-order valence-electron chi connectivity index (χ3n) is 4.76. The Hall–Kier alpha value is -1.10. The van der Waals surface area contributed by atoms with Crippen LogP contribution in [0.5, 0.6) is 0 Å². The predicted octanol–water partition coefficient (Wildman–Crippen LogP) is 1.91. The van der Waals surface area contributed by atoms with E-state index in [2.05, 4.69) is 0 Å². The normalized spacial score (nSPS) is 25.1. The van der Waals surface area contributed by atoms with Gasteiger partial charge in [-0.2, -0.15) is 0 Å². The maximum Gasteiger partial charge on any atom is 0.303 e. The first-order valence-electron chi connectivity index (χ1n) is 7.57. The number of ether oxygens (including phenoxy) is 1. The molecule has 1 N–H and O–H groups in total. The van der Waals surface area contributed by atoms with Crippen molar-refractivity contribution in [3.05, 3.63) is 0 Å². The van der Waals surface area contributed by atoms with Gasteiger partial charge in [0.1, 0.15) is 0 Å². The molecule has 0 unspecified atom stereocenters. The number of piperidine rings is 1. The van der Waals surface area contributed by atoms with Crippen molar-refractivity contribution in [2.45, 2.75) is 44.9 Å². The van der Waals surface area contributed by atoms with Crippen LogP contribution >= 0.6 is 0 Å². The van der Waals surface area contributed by atoms with Gasteiger partial charge < -0.3 is 14.7 Å². The van der Waals surface area contributed by atoms with E-state index in [4.69, 9.17) is 9.84 Å². The van der Waals surface area contributed by atoms with E-state index in [-0.39, 0.29) is 17.7 Å². The fourth-order valence-electron chi connectivity index (χ4n) is 3.45. The van der Waals surface area contributed by atoms with Crippen molar-refractivity contribution in [2.75, 3.05) is 26.8 Å². The van der Waals surface area contributed by atoms with Gasteiger partial charge in [-0.1, -0.05) is 6.42 Å². The summed E-state index contributed by atoms with van der Waals surface area (Å²) in [5.74, 6) is -0.183.